The Morgan fingerprint density at radius 2 is 2.08 bits per heavy atom. The van der Waals surface area contributed by atoms with E-state index in [1.807, 2.05) is 13.2 Å². The van der Waals surface area contributed by atoms with Crippen molar-refractivity contribution >= 4 is 45.0 Å². The fraction of sp³-hybridized carbons (Fsp3) is 0.286. The number of hydrogen-bond acceptors (Lipinski definition) is 5. The van der Waals surface area contributed by atoms with Crippen LogP contribution in [0, 0.1) is 6.92 Å². The van der Waals surface area contributed by atoms with Gasteiger partial charge in [-0.2, -0.15) is 0 Å². The summed E-state index contributed by atoms with van der Waals surface area (Å²) >= 11 is 8.95. The molecular weight excluding hydrogens is 226 g/mol. The van der Waals surface area contributed by atoms with Gasteiger partial charge in [-0.1, -0.05) is 34.7 Å². The molecule has 0 fully saturated rings. The predicted molar refractivity (Wildman–Crippen MR) is 56.7 cm³/mol. The van der Waals surface area contributed by atoms with E-state index in [1.54, 1.807) is 0 Å². The summed E-state index contributed by atoms with van der Waals surface area (Å²) in [5, 5.41) is 2.10. The molecule has 6 heteroatoms. The van der Waals surface area contributed by atoms with E-state index in [-0.39, 0.29) is 0 Å². The summed E-state index contributed by atoms with van der Waals surface area (Å²) in [6.45, 7) is 1.93. The Morgan fingerprint density at radius 1 is 1.31 bits per heavy atom. The molecule has 68 valence electrons. The van der Waals surface area contributed by atoms with Gasteiger partial charge in [0.2, 0.25) is 0 Å². The van der Waals surface area contributed by atoms with Crippen molar-refractivity contribution in [2.75, 3.05) is 6.26 Å². The molecule has 0 bridgehead atoms. The minimum Gasteiger partial charge on any atom is -0.236 e. The van der Waals surface area contributed by atoms with Gasteiger partial charge in [0.1, 0.15) is 10.3 Å². The molecular formula is C7H6ClN3S2. The van der Waals surface area contributed by atoms with Crippen LogP contribution >= 0.6 is 34.7 Å². The second kappa shape index (κ2) is 3.40. The molecule has 0 aromatic carbocycles. The molecule has 13 heavy (non-hydrogen) atoms. The topological polar surface area (TPSA) is 38.7 Å². The number of halogens is 1. The van der Waals surface area contributed by atoms with Gasteiger partial charge in [-0.05, 0) is 13.2 Å². The zero-order valence-corrected chi connectivity index (χ0v) is 9.43. The largest absolute Gasteiger partial charge is 0.236 e. The molecule has 2 heterocycles. The summed E-state index contributed by atoms with van der Waals surface area (Å²) in [6, 6.07) is 0. The van der Waals surface area contributed by atoms with Crippen LogP contribution in [0.2, 0.25) is 5.15 Å². The number of aromatic nitrogens is 3. The highest BCUT2D eigenvalue weighted by molar-refractivity contribution is 7.98. The van der Waals surface area contributed by atoms with E-state index in [2.05, 4.69) is 15.0 Å². The minimum absolute atomic E-state index is 0.443. The van der Waals surface area contributed by atoms with Gasteiger partial charge in [0, 0.05) is 0 Å². The van der Waals surface area contributed by atoms with Crippen LogP contribution in [0.1, 0.15) is 5.01 Å². The molecule has 0 aliphatic heterocycles. The monoisotopic (exact) mass is 231 g/mol. The van der Waals surface area contributed by atoms with Crippen LogP contribution in [0.3, 0.4) is 0 Å². The molecule has 2 aromatic rings. The highest BCUT2D eigenvalue weighted by Crippen LogP contribution is 2.26. The van der Waals surface area contributed by atoms with Crippen molar-refractivity contribution < 1.29 is 0 Å². The molecule has 0 radical (unpaired) electrons. The fourth-order valence-electron chi connectivity index (χ4n) is 0.967. The Morgan fingerprint density at radius 3 is 2.77 bits per heavy atom. The summed E-state index contributed by atoms with van der Waals surface area (Å²) < 4.78 is 0. The van der Waals surface area contributed by atoms with Crippen LogP contribution in [0.4, 0.5) is 0 Å². The second-order valence-electron chi connectivity index (χ2n) is 2.39. The third-order valence-corrected chi connectivity index (χ3v) is 3.16. The summed E-state index contributed by atoms with van der Waals surface area (Å²) in [5.74, 6) is 0. The number of thiazole rings is 1. The molecule has 0 amide bonds. The van der Waals surface area contributed by atoms with Gasteiger partial charge in [0.25, 0.3) is 0 Å². The smallest absolute Gasteiger partial charge is 0.190 e. The van der Waals surface area contributed by atoms with Gasteiger partial charge in [0.15, 0.2) is 10.3 Å². The number of thioether (sulfide) groups is 1. The van der Waals surface area contributed by atoms with Gasteiger partial charge in [-0.3, -0.25) is 0 Å². The molecule has 0 aliphatic carbocycles. The Hall–Kier alpha value is -0.390. The van der Waals surface area contributed by atoms with Crippen molar-refractivity contribution in [2.24, 2.45) is 0 Å². The van der Waals surface area contributed by atoms with Crippen molar-refractivity contribution in [3.8, 4) is 0 Å². The van der Waals surface area contributed by atoms with Crippen molar-refractivity contribution in [3.05, 3.63) is 10.2 Å². The van der Waals surface area contributed by atoms with Gasteiger partial charge in [0.05, 0.1) is 5.01 Å². The van der Waals surface area contributed by atoms with Gasteiger partial charge >= 0.3 is 0 Å². The third-order valence-electron chi connectivity index (χ3n) is 1.49. The summed E-state index contributed by atoms with van der Waals surface area (Å²) in [5.41, 5.74) is 0.710. The van der Waals surface area contributed by atoms with E-state index in [0.29, 0.717) is 15.8 Å². The number of aryl methyl sites for hydroxylation is 1. The standard InChI is InChI=1S/C7H6ClN3S2/c1-3-9-4-5(8)10-7(12-2)11-6(4)13-3/h1-2H3. The number of nitrogens with zero attached hydrogens (tertiary/aromatic N) is 3. The predicted octanol–water partition coefficient (Wildman–Crippen LogP) is 2.77. The first-order valence-electron chi connectivity index (χ1n) is 3.55. The van der Waals surface area contributed by atoms with Crippen LogP contribution < -0.4 is 0 Å². The molecule has 0 saturated carbocycles. The maximum atomic E-state index is 5.93. The quantitative estimate of drug-likeness (QED) is 0.430. The SMILES string of the molecule is CSc1nc(Cl)c2nc(C)sc2n1. The zero-order chi connectivity index (χ0) is 9.42. The van der Waals surface area contributed by atoms with Gasteiger partial charge < -0.3 is 0 Å². The zero-order valence-electron chi connectivity index (χ0n) is 7.04. The summed E-state index contributed by atoms with van der Waals surface area (Å²) in [7, 11) is 0. The molecule has 0 aliphatic rings. The average Bonchev–Trinajstić information content (AvgIpc) is 2.46. The van der Waals surface area contributed by atoms with E-state index in [0.717, 1.165) is 9.84 Å². The highest BCUT2D eigenvalue weighted by atomic mass is 35.5. The summed E-state index contributed by atoms with van der Waals surface area (Å²) in [6.07, 6.45) is 1.92. The molecule has 2 rings (SSSR count). The second-order valence-corrected chi connectivity index (χ2v) is 4.70. The first-order valence-corrected chi connectivity index (χ1v) is 5.97. The van der Waals surface area contributed by atoms with E-state index in [4.69, 9.17) is 11.6 Å². The van der Waals surface area contributed by atoms with Crippen molar-refractivity contribution in [1.82, 2.24) is 15.0 Å². The number of rotatable bonds is 1. The van der Waals surface area contributed by atoms with Crippen LogP contribution in [0.5, 0.6) is 0 Å². The van der Waals surface area contributed by atoms with Crippen molar-refractivity contribution in [2.45, 2.75) is 12.1 Å². The molecule has 0 N–H and O–H groups in total. The summed E-state index contributed by atoms with van der Waals surface area (Å²) in [4.78, 5) is 13.5. The fourth-order valence-corrected chi connectivity index (χ4v) is 2.50. The first-order chi connectivity index (χ1) is 6.20. The highest BCUT2D eigenvalue weighted by Gasteiger charge is 2.09. The molecule has 0 spiro atoms. The van der Waals surface area contributed by atoms with Gasteiger partial charge in [-0.15, -0.1) is 0 Å². The molecule has 0 atom stereocenters. The minimum atomic E-state index is 0.443. The Kier molecular flexibility index (Phi) is 2.40. The molecule has 0 unspecified atom stereocenters. The van der Waals surface area contributed by atoms with Crippen molar-refractivity contribution in [3.63, 3.8) is 0 Å². The molecule has 3 nitrogen and oxygen atoms in total. The Balaban J connectivity index is 2.75. The van der Waals surface area contributed by atoms with Crippen LogP contribution in [-0.4, -0.2) is 21.2 Å². The van der Waals surface area contributed by atoms with Gasteiger partial charge in [-0.25, -0.2) is 15.0 Å². The maximum Gasteiger partial charge on any atom is 0.190 e. The number of fused-ring (bicyclic) bond motifs is 1. The van der Waals surface area contributed by atoms with E-state index < -0.39 is 0 Å². The Bertz CT molecular complexity index is 454. The van der Waals surface area contributed by atoms with Crippen LogP contribution in [-0.2, 0) is 0 Å². The number of hydrogen-bond donors (Lipinski definition) is 0. The lowest BCUT2D eigenvalue weighted by atomic mass is 10.6. The van der Waals surface area contributed by atoms with Crippen molar-refractivity contribution in [1.29, 1.82) is 0 Å². The lowest BCUT2D eigenvalue weighted by Gasteiger charge is -1.94. The lowest BCUT2D eigenvalue weighted by Crippen LogP contribution is -1.86. The molecule has 0 saturated heterocycles. The van der Waals surface area contributed by atoms with E-state index in [1.165, 1.54) is 23.1 Å². The van der Waals surface area contributed by atoms with E-state index in [9.17, 15) is 0 Å². The first kappa shape index (κ1) is 9.18. The van der Waals surface area contributed by atoms with E-state index >= 15 is 0 Å². The Labute approximate surface area is 88.6 Å². The lowest BCUT2D eigenvalue weighted by molar-refractivity contribution is 1.01. The van der Waals surface area contributed by atoms with Crippen LogP contribution in [0.25, 0.3) is 10.3 Å². The normalized spacial score (nSPS) is 11.0. The third kappa shape index (κ3) is 1.63. The maximum absolute atomic E-state index is 5.93. The molecule has 2 aromatic heterocycles. The average molecular weight is 232 g/mol. The van der Waals surface area contributed by atoms with Crippen LogP contribution in [0.15, 0.2) is 5.16 Å².